The molecule has 43 heavy (non-hydrogen) atoms. The summed E-state index contributed by atoms with van der Waals surface area (Å²) in [6, 6.07) is 0. The highest BCUT2D eigenvalue weighted by atomic mass is 16.5. The molecule has 0 spiro atoms. The fourth-order valence-corrected chi connectivity index (χ4v) is 5.73. The van der Waals surface area contributed by atoms with Crippen molar-refractivity contribution >= 4 is 11.9 Å². The van der Waals surface area contributed by atoms with Crippen molar-refractivity contribution in [2.75, 3.05) is 39.5 Å². The lowest BCUT2D eigenvalue weighted by Gasteiger charge is -2.22. The molecule has 0 heterocycles. The van der Waals surface area contributed by atoms with Gasteiger partial charge in [0.05, 0.1) is 25.0 Å². The number of hydrogen-bond donors (Lipinski definition) is 1. The fourth-order valence-electron chi connectivity index (χ4n) is 5.73. The summed E-state index contributed by atoms with van der Waals surface area (Å²) in [5.74, 6) is 0.198. The predicted octanol–water partition coefficient (Wildman–Crippen LogP) is 9.65. The minimum atomic E-state index is 0.0102. The Morgan fingerprint density at radius 1 is 0.512 bits per heavy atom. The van der Waals surface area contributed by atoms with Crippen LogP contribution in [0.5, 0.6) is 0 Å². The number of hydrogen-bond acceptors (Lipinski definition) is 6. The summed E-state index contributed by atoms with van der Waals surface area (Å²) in [5.41, 5.74) is 0. The van der Waals surface area contributed by atoms with Gasteiger partial charge in [0.25, 0.3) is 0 Å². The number of carbonyl (C=O) groups excluding carboxylic acids is 2. The molecule has 0 aromatic carbocycles. The summed E-state index contributed by atoms with van der Waals surface area (Å²) in [7, 11) is 0. The first kappa shape index (κ1) is 41.9. The zero-order valence-corrected chi connectivity index (χ0v) is 29.2. The highest BCUT2D eigenvalue weighted by molar-refractivity contribution is 5.72. The molecule has 0 bridgehead atoms. The zero-order chi connectivity index (χ0) is 31.8. The van der Waals surface area contributed by atoms with Gasteiger partial charge in [0, 0.05) is 13.2 Å². The molecule has 0 aromatic heterocycles. The largest absolute Gasteiger partial charge is 0.465 e. The Kier molecular flexibility index (Phi) is 31.4. The molecule has 0 fully saturated rings. The van der Waals surface area contributed by atoms with Gasteiger partial charge in [-0.1, -0.05) is 118 Å². The Labute approximate surface area is 267 Å². The molecule has 6 nitrogen and oxygen atoms in total. The van der Waals surface area contributed by atoms with Crippen LogP contribution >= 0.6 is 0 Å². The van der Waals surface area contributed by atoms with Gasteiger partial charge < -0.3 is 19.5 Å². The minimum absolute atomic E-state index is 0.0102. The highest BCUT2D eigenvalue weighted by Crippen LogP contribution is 2.17. The van der Waals surface area contributed by atoms with E-state index in [4.69, 9.17) is 9.47 Å². The van der Waals surface area contributed by atoms with Crippen molar-refractivity contribution in [1.29, 1.82) is 0 Å². The molecule has 0 saturated heterocycles. The third-order valence-corrected chi connectivity index (χ3v) is 8.82. The molecule has 0 aliphatic carbocycles. The van der Waals surface area contributed by atoms with Crippen molar-refractivity contribution in [1.82, 2.24) is 4.90 Å². The van der Waals surface area contributed by atoms with Crippen molar-refractivity contribution in [3.63, 3.8) is 0 Å². The topological polar surface area (TPSA) is 76.1 Å². The van der Waals surface area contributed by atoms with Crippen LogP contribution in [0.25, 0.3) is 0 Å². The number of aliphatic hydroxyl groups excluding tert-OH is 1. The predicted molar refractivity (Wildman–Crippen MR) is 181 cm³/mol. The van der Waals surface area contributed by atoms with Gasteiger partial charge in [-0.25, -0.2) is 0 Å². The first-order chi connectivity index (χ1) is 21.0. The number of ether oxygens (including phenoxy) is 2. The summed E-state index contributed by atoms with van der Waals surface area (Å²) < 4.78 is 11.0. The molecule has 0 aliphatic rings. The van der Waals surface area contributed by atoms with Gasteiger partial charge in [0.1, 0.15) is 0 Å². The molecule has 256 valence electrons. The Morgan fingerprint density at radius 3 is 1.21 bits per heavy atom. The average Bonchev–Trinajstić information content (AvgIpc) is 3.01. The first-order valence-corrected chi connectivity index (χ1v) is 18.7. The second-order valence-corrected chi connectivity index (χ2v) is 12.7. The lowest BCUT2D eigenvalue weighted by atomic mass is 10.00. The summed E-state index contributed by atoms with van der Waals surface area (Å²) in [4.78, 5) is 26.9. The summed E-state index contributed by atoms with van der Waals surface area (Å²) >= 11 is 0. The second-order valence-electron chi connectivity index (χ2n) is 12.7. The average molecular weight is 612 g/mol. The Morgan fingerprint density at radius 2 is 0.860 bits per heavy atom. The normalized spacial score (nSPS) is 12.9. The van der Waals surface area contributed by atoms with E-state index in [-0.39, 0.29) is 30.4 Å². The van der Waals surface area contributed by atoms with E-state index in [2.05, 4.69) is 32.6 Å². The fraction of sp³-hybridized carbons (Fsp3) is 0.946. The molecule has 0 aromatic rings. The van der Waals surface area contributed by atoms with Crippen LogP contribution in [-0.2, 0) is 19.1 Å². The third kappa shape index (κ3) is 25.8. The van der Waals surface area contributed by atoms with Gasteiger partial charge in [-0.2, -0.15) is 0 Å². The Hall–Kier alpha value is -1.14. The first-order valence-electron chi connectivity index (χ1n) is 18.7. The number of esters is 2. The van der Waals surface area contributed by atoms with Gasteiger partial charge >= 0.3 is 11.9 Å². The van der Waals surface area contributed by atoms with Gasteiger partial charge in [-0.3, -0.25) is 9.59 Å². The quantitative estimate of drug-likeness (QED) is 0.0588. The van der Waals surface area contributed by atoms with E-state index < -0.39 is 0 Å². The maximum absolute atomic E-state index is 12.2. The molecule has 2 atom stereocenters. The molecule has 6 heteroatoms. The van der Waals surface area contributed by atoms with Crippen molar-refractivity contribution in [3.05, 3.63) is 0 Å². The van der Waals surface area contributed by atoms with Crippen LogP contribution in [0.3, 0.4) is 0 Å². The van der Waals surface area contributed by atoms with Gasteiger partial charge in [-0.05, 0) is 70.9 Å². The molecule has 0 saturated carbocycles. The van der Waals surface area contributed by atoms with Crippen LogP contribution in [0.1, 0.15) is 175 Å². The molecule has 0 rings (SSSR count). The number of carbonyl (C=O) groups is 2. The van der Waals surface area contributed by atoms with E-state index in [0.29, 0.717) is 13.2 Å². The summed E-state index contributed by atoms with van der Waals surface area (Å²) in [6.45, 7) is 13.2. The van der Waals surface area contributed by atoms with Crippen LogP contribution in [0.2, 0.25) is 0 Å². The van der Waals surface area contributed by atoms with E-state index in [9.17, 15) is 14.7 Å². The van der Waals surface area contributed by atoms with Crippen LogP contribution in [-0.4, -0.2) is 61.4 Å². The minimum Gasteiger partial charge on any atom is -0.465 e. The van der Waals surface area contributed by atoms with Crippen molar-refractivity contribution in [2.24, 2.45) is 11.8 Å². The molecular formula is C37H73NO5. The number of aliphatic hydroxyl groups is 1. The van der Waals surface area contributed by atoms with Gasteiger partial charge in [-0.15, -0.1) is 0 Å². The maximum Gasteiger partial charge on any atom is 0.308 e. The Bertz CT molecular complexity index is 566. The molecule has 0 radical (unpaired) electrons. The standard InChI is InChI=1S/C37H73NO5/c1-5-9-26-34(7-3)36(40)42-32-23-19-15-11-13-17-21-28-38(30-25-31-39)29-22-18-14-12-16-20-24-33-43-37(41)35(8-4)27-10-6-2/h34-35,39H,5-33H2,1-4H3. The number of rotatable bonds is 33. The van der Waals surface area contributed by atoms with Crippen molar-refractivity contribution < 1.29 is 24.2 Å². The van der Waals surface area contributed by atoms with Crippen LogP contribution in [0.15, 0.2) is 0 Å². The van der Waals surface area contributed by atoms with E-state index in [1.54, 1.807) is 0 Å². The van der Waals surface area contributed by atoms with E-state index in [0.717, 1.165) is 103 Å². The molecule has 0 amide bonds. The number of nitrogens with zero attached hydrogens (tertiary/aromatic N) is 1. The lowest BCUT2D eigenvalue weighted by molar-refractivity contribution is -0.150. The van der Waals surface area contributed by atoms with E-state index >= 15 is 0 Å². The van der Waals surface area contributed by atoms with Gasteiger partial charge in [0.2, 0.25) is 0 Å². The van der Waals surface area contributed by atoms with Crippen LogP contribution in [0.4, 0.5) is 0 Å². The van der Waals surface area contributed by atoms with E-state index in [1.807, 2.05) is 0 Å². The maximum atomic E-state index is 12.2. The Balaban J connectivity index is 3.75. The molecular weight excluding hydrogens is 538 g/mol. The highest BCUT2D eigenvalue weighted by Gasteiger charge is 2.17. The molecule has 0 aliphatic heterocycles. The molecule has 2 unspecified atom stereocenters. The lowest BCUT2D eigenvalue weighted by Crippen LogP contribution is -2.27. The van der Waals surface area contributed by atoms with Gasteiger partial charge in [0.15, 0.2) is 0 Å². The van der Waals surface area contributed by atoms with Crippen molar-refractivity contribution in [3.8, 4) is 0 Å². The second kappa shape index (κ2) is 32.3. The third-order valence-electron chi connectivity index (χ3n) is 8.82. The number of unbranched alkanes of at least 4 members (excludes halogenated alkanes) is 14. The smallest absolute Gasteiger partial charge is 0.308 e. The monoisotopic (exact) mass is 612 g/mol. The van der Waals surface area contributed by atoms with Crippen LogP contribution < -0.4 is 0 Å². The van der Waals surface area contributed by atoms with E-state index in [1.165, 1.54) is 64.2 Å². The zero-order valence-electron chi connectivity index (χ0n) is 29.2. The van der Waals surface area contributed by atoms with Crippen molar-refractivity contribution in [2.45, 2.75) is 175 Å². The van der Waals surface area contributed by atoms with Crippen LogP contribution in [0, 0.1) is 11.8 Å². The summed E-state index contributed by atoms with van der Waals surface area (Å²) in [6.07, 6.45) is 25.9. The summed E-state index contributed by atoms with van der Waals surface area (Å²) in [5, 5.41) is 9.30. The SMILES string of the molecule is CCCCC(CC)C(=O)OCCCCCCCCCN(CCCO)CCCCCCCCCOC(=O)C(CC)CCCC. The molecule has 1 N–H and O–H groups in total.